The topological polar surface area (TPSA) is 85.5 Å². The van der Waals surface area contributed by atoms with Gasteiger partial charge in [0.2, 0.25) is 5.76 Å². The number of nitrogens with zero attached hydrogens (tertiary/aromatic N) is 3. The van der Waals surface area contributed by atoms with Gasteiger partial charge in [0.15, 0.2) is 11.5 Å². The summed E-state index contributed by atoms with van der Waals surface area (Å²) in [6.07, 6.45) is 2.97. The molecule has 7 nitrogen and oxygen atoms in total. The van der Waals surface area contributed by atoms with E-state index in [9.17, 15) is 4.79 Å². The van der Waals surface area contributed by atoms with E-state index in [4.69, 9.17) is 13.5 Å². The van der Waals surface area contributed by atoms with Crippen LogP contribution < -0.4 is 0 Å². The summed E-state index contributed by atoms with van der Waals surface area (Å²) in [5, 5.41) is 7.95. The Balaban J connectivity index is 1.30. The minimum atomic E-state index is -0.205. The lowest BCUT2D eigenvalue weighted by atomic mass is 10.1. The molecular weight excluding hydrogens is 358 g/mol. The van der Waals surface area contributed by atoms with Crippen LogP contribution >= 0.6 is 0 Å². The maximum absolute atomic E-state index is 12.5. The third-order valence-electron chi connectivity index (χ3n) is 4.39. The normalized spacial score (nSPS) is 10.9. The van der Waals surface area contributed by atoms with Crippen LogP contribution in [0.5, 0.6) is 0 Å². The van der Waals surface area contributed by atoms with Gasteiger partial charge in [-0.2, -0.15) is 0 Å². The quantitative estimate of drug-likeness (QED) is 0.477. The SMILES string of the molecule is CN(CCCc1cc(-c2ccccc2)no1)C(=O)c1cc(-c2ccco2)on1. The van der Waals surface area contributed by atoms with E-state index in [1.54, 1.807) is 30.1 Å². The van der Waals surface area contributed by atoms with E-state index in [-0.39, 0.29) is 11.6 Å². The van der Waals surface area contributed by atoms with Crippen LogP contribution in [0.2, 0.25) is 0 Å². The molecule has 142 valence electrons. The fourth-order valence-corrected chi connectivity index (χ4v) is 2.87. The Kier molecular flexibility index (Phi) is 5.05. The summed E-state index contributed by atoms with van der Waals surface area (Å²) in [6, 6.07) is 16.9. The lowest BCUT2D eigenvalue weighted by Gasteiger charge is -2.14. The molecule has 1 aromatic carbocycles. The van der Waals surface area contributed by atoms with Crippen LogP contribution in [-0.2, 0) is 6.42 Å². The van der Waals surface area contributed by atoms with Gasteiger partial charge in [-0.25, -0.2) is 0 Å². The zero-order valence-electron chi connectivity index (χ0n) is 15.4. The molecule has 3 aromatic heterocycles. The number of rotatable bonds is 7. The van der Waals surface area contributed by atoms with Gasteiger partial charge in [0.1, 0.15) is 11.5 Å². The Morgan fingerprint density at radius 3 is 2.64 bits per heavy atom. The van der Waals surface area contributed by atoms with Crippen molar-refractivity contribution in [1.82, 2.24) is 15.2 Å². The molecule has 0 saturated heterocycles. The first-order valence-electron chi connectivity index (χ1n) is 8.98. The first-order chi connectivity index (χ1) is 13.7. The second kappa shape index (κ2) is 7.96. The molecule has 0 N–H and O–H groups in total. The lowest BCUT2D eigenvalue weighted by Crippen LogP contribution is -2.28. The molecule has 0 aliphatic rings. The van der Waals surface area contributed by atoms with Gasteiger partial charge in [-0.1, -0.05) is 40.6 Å². The third-order valence-corrected chi connectivity index (χ3v) is 4.39. The summed E-state index contributed by atoms with van der Waals surface area (Å²) in [4.78, 5) is 14.1. The van der Waals surface area contributed by atoms with Crippen molar-refractivity contribution < 1.29 is 18.3 Å². The van der Waals surface area contributed by atoms with Crippen molar-refractivity contribution >= 4 is 5.91 Å². The molecule has 0 saturated carbocycles. The molecule has 3 heterocycles. The Bertz CT molecular complexity index is 1030. The highest BCUT2D eigenvalue weighted by molar-refractivity contribution is 5.92. The molecule has 28 heavy (non-hydrogen) atoms. The Morgan fingerprint density at radius 1 is 1.00 bits per heavy atom. The Morgan fingerprint density at radius 2 is 1.86 bits per heavy atom. The van der Waals surface area contributed by atoms with Gasteiger partial charge in [-0.3, -0.25) is 4.79 Å². The van der Waals surface area contributed by atoms with E-state index in [0.717, 1.165) is 23.4 Å². The van der Waals surface area contributed by atoms with Gasteiger partial charge in [0.25, 0.3) is 5.91 Å². The highest BCUT2D eigenvalue weighted by Gasteiger charge is 2.18. The number of aromatic nitrogens is 2. The number of hydrogen-bond acceptors (Lipinski definition) is 6. The number of amides is 1. The van der Waals surface area contributed by atoms with Gasteiger partial charge in [-0.15, -0.1) is 0 Å². The summed E-state index contributed by atoms with van der Waals surface area (Å²) < 4.78 is 15.8. The second-order valence-electron chi connectivity index (χ2n) is 6.43. The van der Waals surface area contributed by atoms with Crippen molar-refractivity contribution in [3.63, 3.8) is 0 Å². The molecule has 0 aliphatic carbocycles. The fourth-order valence-electron chi connectivity index (χ4n) is 2.87. The summed E-state index contributed by atoms with van der Waals surface area (Å²) in [6.45, 7) is 0.559. The smallest absolute Gasteiger partial charge is 0.275 e. The molecule has 0 fully saturated rings. The van der Waals surface area contributed by atoms with Crippen molar-refractivity contribution in [1.29, 1.82) is 0 Å². The number of carbonyl (C=O) groups is 1. The molecule has 4 aromatic rings. The van der Waals surface area contributed by atoms with E-state index >= 15 is 0 Å². The lowest BCUT2D eigenvalue weighted by molar-refractivity contribution is 0.0782. The van der Waals surface area contributed by atoms with Gasteiger partial charge >= 0.3 is 0 Å². The molecule has 1 amide bonds. The third kappa shape index (κ3) is 3.88. The van der Waals surface area contributed by atoms with Crippen LogP contribution in [0, 0.1) is 0 Å². The van der Waals surface area contributed by atoms with Crippen molar-refractivity contribution in [3.8, 4) is 22.8 Å². The first kappa shape index (κ1) is 17.8. The van der Waals surface area contributed by atoms with Crippen LogP contribution in [0.1, 0.15) is 22.7 Å². The minimum Gasteiger partial charge on any atom is -0.461 e. The highest BCUT2D eigenvalue weighted by Crippen LogP contribution is 2.21. The van der Waals surface area contributed by atoms with Gasteiger partial charge in [0, 0.05) is 37.7 Å². The molecule has 0 aliphatic heterocycles. The summed E-state index contributed by atoms with van der Waals surface area (Å²) in [7, 11) is 1.74. The average Bonchev–Trinajstić information content (AvgIpc) is 3.49. The van der Waals surface area contributed by atoms with E-state index in [0.29, 0.717) is 24.5 Å². The van der Waals surface area contributed by atoms with Gasteiger partial charge in [-0.05, 0) is 18.6 Å². The maximum Gasteiger partial charge on any atom is 0.275 e. The standard InChI is InChI=1S/C21H19N3O4/c1-24(21(25)18-14-20(28-23-18)19-10-6-12-26-19)11-5-9-16-13-17(22-27-16)15-7-3-2-4-8-15/h2-4,6-8,10,12-14H,5,9,11H2,1H3. The van der Waals surface area contributed by atoms with Crippen LogP contribution in [0.25, 0.3) is 22.8 Å². The largest absolute Gasteiger partial charge is 0.461 e. The zero-order chi connectivity index (χ0) is 19.3. The zero-order valence-corrected chi connectivity index (χ0v) is 15.4. The summed E-state index contributed by atoms with van der Waals surface area (Å²) >= 11 is 0. The molecule has 0 spiro atoms. The molecule has 0 atom stereocenters. The number of hydrogen-bond donors (Lipinski definition) is 0. The van der Waals surface area contributed by atoms with Crippen molar-refractivity contribution in [2.75, 3.05) is 13.6 Å². The molecular formula is C21H19N3O4. The van der Waals surface area contributed by atoms with Crippen LogP contribution in [0.4, 0.5) is 0 Å². The average molecular weight is 377 g/mol. The number of benzene rings is 1. The number of aryl methyl sites for hydroxylation is 1. The second-order valence-corrected chi connectivity index (χ2v) is 6.43. The van der Waals surface area contributed by atoms with E-state index in [1.807, 2.05) is 36.4 Å². The number of carbonyl (C=O) groups excluding carboxylic acids is 1. The highest BCUT2D eigenvalue weighted by atomic mass is 16.5. The maximum atomic E-state index is 12.5. The molecule has 7 heteroatoms. The molecule has 4 rings (SSSR count). The summed E-state index contributed by atoms with van der Waals surface area (Å²) in [5.41, 5.74) is 2.08. The van der Waals surface area contributed by atoms with Crippen molar-refractivity contribution in [3.05, 3.63) is 72.3 Å². The van der Waals surface area contributed by atoms with E-state index in [2.05, 4.69) is 10.3 Å². The predicted octanol–water partition coefficient (Wildman–Crippen LogP) is 4.29. The first-order valence-corrected chi connectivity index (χ1v) is 8.98. The Hall–Kier alpha value is -3.61. The van der Waals surface area contributed by atoms with Crippen LogP contribution in [-0.4, -0.2) is 34.7 Å². The van der Waals surface area contributed by atoms with E-state index in [1.165, 1.54) is 6.26 Å². The summed E-state index contributed by atoms with van der Waals surface area (Å²) in [5.74, 6) is 1.55. The minimum absolute atomic E-state index is 0.205. The van der Waals surface area contributed by atoms with Crippen molar-refractivity contribution in [2.45, 2.75) is 12.8 Å². The molecule has 0 unspecified atom stereocenters. The molecule has 0 radical (unpaired) electrons. The van der Waals surface area contributed by atoms with Crippen LogP contribution in [0.15, 0.2) is 74.3 Å². The fraction of sp³-hybridized carbons (Fsp3) is 0.190. The van der Waals surface area contributed by atoms with E-state index < -0.39 is 0 Å². The van der Waals surface area contributed by atoms with Gasteiger partial charge < -0.3 is 18.4 Å². The monoisotopic (exact) mass is 377 g/mol. The molecule has 0 bridgehead atoms. The number of furan rings is 1. The van der Waals surface area contributed by atoms with Crippen LogP contribution in [0.3, 0.4) is 0 Å². The van der Waals surface area contributed by atoms with Gasteiger partial charge in [0.05, 0.1) is 6.26 Å². The van der Waals surface area contributed by atoms with Crippen molar-refractivity contribution in [2.24, 2.45) is 0 Å². The Labute approximate surface area is 161 Å². The predicted molar refractivity (Wildman–Crippen MR) is 101 cm³/mol.